The van der Waals surface area contributed by atoms with Crippen LogP contribution in [0.25, 0.3) is 10.2 Å². The van der Waals surface area contributed by atoms with Gasteiger partial charge < -0.3 is 14.8 Å². The van der Waals surface area contributed by atoms with Crippen LogP contribution >= 0.6 is 11.3 Å². The van der Waals surface area contributed by atoms with Gasteiger partial charge in [-0.05, 0) is 37.1 Å². The maximum Gasteiger partial charge on any atom is 0.243 e. The van der Waals surface area contributed by atoms with Gasteiger partial charge in [-0.3, -0.25) is 4.79 Å². The van der Waals surface area contributed by atoms with E-state index in [1.165, 1.54) is 15.6 Å². The lowest BCUT2D eigenvalue weighted by Crippen LogP contribution is -2.43. The normalized spacial score (nSPS) is 17.4. The molecule has 0 saturated carbocycles. The number of aromatic nitrogens is 1. The molecule has 1 saturated heterocycles. The number of piperidine rings is 1. The van der Waals surface area contributed by atoms with Gasteiger partial charge in [0, 0.05) is 13.1 Å². The molecule has 1 fully saturated rings. The van der Waals surface area contributed by atoms with E-state index >= 15 is 0 Å². The molecule has 8 nitrogen and oxygen atoms in total. The van der Waals surface area contributed by atoms with Gasteiger partial charge in [0.25, 0.3) is 0 Å². The van der Waals surface area contributed by atoms with Crippen LogP contribution in [0, 0.1) is 5.92 Å². The van der Waals surface area contributed by atoms with Gasteiger partial charge in [-0.25, -0.2) is 13.4 Å². The second kappa shape index (κ2) is 8.81. The Bertz CT molecular complexity index is 1150. The van der Waals surface area contributed by atoms with Crippen LogP contribution in [0.4, 0.5) is 5.13 Å². The number of benzene rings is 2. The molecule has 4 rings (SSSR count). The molecule has 1 aliphatic heterocycles. The van der Waals surface area contributed by atoms with Gasteiger partial charge in [0.2, 0.25) is 15.9 Å². The van der Waals surface area contributed by atoms with Gasteiger partial charge in [0.15, 0.2) is 5.13 Å². The SMILES string of the molecule is COc1ccc(OC)c2sc(NC(=O)C3CCCN(S(=O)(=O)c4ccccc4)C3)nc12. The molecule has 1 atom stereocenters. The number of sulfonamides is 1. The first-order valence-electron chi connectivity index (χ1n) is 9.81. The zero-order valence-corrected chi connectivity index (χ0v) is 18.8. The zero-order chi connectivity index (χ0) is 22.0. The molecule has 0 aliphatic carbocycles. The van der Waals surface area contributed by atoms with Crippen molar-refractivity contribution in [2.24, 2.45) is 5.92 Å². The largest absolute Gasteiger partial charge is 0.495 e. The van der Waals surface area contributed by atoms with Gasteiger partial charge in [-0.2, -0.15) is 4.31 Å². The van der Waals surface area contributed by atoms with Crippen LogP contribution in [0.1, 0.15) is 12.8 Å². The molecular weight excluding hydrogens is 438 g/mol. The van der Waals surface area contributed by atoms with Crippen LogP contribution in [-0.4, -0.2) is 50.9 Å². The van der Waals surface area contributed by atoms with E-state index in [2.05, 4.69) is 10.3 Å². The minimum Gasteiger partial charge on any atom is -0.495 e. The second-order valence-electron chi connectivity index (χ2n) is 7.17. The summed E-state index contributed by atoms with van der Waals surface area (Å²) in [7, 11) is -0.502. The molecule has 164 valence electrons. The molecule has 0 spiro atoms. The Hall–Kier alpha value is -2.69. The van der Waals surface area contributed by atoms with Crippen molar-refractivity contribution in [3.05, 3.63) is 42.5 Å². The summed E-state index contributed by atoms with van der Waals surface area (Å²) in [4.78, 5) is 17.7. The van der Waals surface area contributed by atoms with Crippen molar-refractivity contribution >= 4 is 42.6 Å². The van der Waals surface area contributed by atoms with Crippen LogP contribution in [0.2, 0.25) is 0 Å². The number of nitrogens with one attached hydrogen (secondary N) is 1. The average Bonchev–Trinajstić information content (AvgIpc) is 3.22. The van der Waals surface area contributed by atoms with Crippen LogP contribution in [0.5, 0.6) is 11.5 Å². The van der Waals surface area contributed by atoms with Crippen molar-refractivity contribution in [1.82, 2.24) is 9.29 Å². The second-order valence-corrected chi connectivity index (χ2v) is 10.1. The van der Waals surface area contributed by atoms with Crippen LogP contribution in [0.15, 0.2) is 47.4 Å². The fraction of sp³-hybridized carbons (Fsp3) is 0.333. The molecule has 1 amide bonds. The Morgan fingerprint density at radius 3 is 2.55 bits per heavy atom. The van der Waals surface area contributed by atoms with Crippen LogP contribution in [-0.2, 0) is 14.8 Å². The summed E-state index contributed by atoms with van der Waals surface area (Å²) in [5.41, 5.74) is 0.610. The van der Waals surface area contributed by atoms with Crippen LogP contribution < -0.4 is 14.8 Å². The van der Waals surface area contributed by atoms with Gasteiger partial charge in [0.1, 0.15) is 21.7 Å². The van der Waals surface area contributed by atoms with E-state index in [0.29, 0.717) is 41.5 Å². The number of hydrogen-bond acceptors (Lipinski definition) is 7. The van der Waals surface area contributed by atoms with E-state index in [1.54, 1.807) is 56.7 Å². The average molecular weight is 462 g/mol. The molecule has 1 aromatic heterocycles. The molecule has 10 heteroatoms. The number of carbonyl (C=O) groups is 1. The first-order valence-corrected chi connectivity index (χ1v) is 12.1. The number of thiazole rings is 1. The van der Waals surface area contributed by atoms with E-state index in [-0.39, 0.29) is 17.3 Å². The zero-order valence-electron chi connectivity index (χ0n) is 17.2. The Kier molecular flexibility index (Phi) is 6.12. The smallest absolute Gasteiger partial charge is 0.243 e. The summed E-state index contributed by atoms with van der Waals surface area (Å²) in [6.07, 6.45) is 1.23. The molecule has 1 aliphatic rings. The number of fused-ring (bicyclic) bond motifs is 1. The molecule has 3 aromatic rings. The van der Waals surface area contributed by atoms with Gasteiger partial charge in [-0.15, -0.1) is 0 Å². The van der Waals surface area contributed by atoms with Crippen molar-refractivity contribution in [2.45, 2.75) is 17.7 Å². The summed E-state index contributed by atoms with van der Waals surface area (Å²) < 4.78 is 38.8. The summed E-state index contributed by atoms with van der Waals surface area (Å²) in [5.74, 6) is 0.532. The lowest BCUT2D eigenvalue weighted by molar-refractivity contribution is -0.120. The lowest BCUT2D eigenvalue weighted by atomic mass is 9.99. The number of ether oxygens (including phenoxy) is 2. The van der Waals surface area contributed by atoms with E-state index in [9.17, 15) is 13.2 Å². The molecule has 0 bridgehead atoms. The first-order chi connectivity index (χ1) is 14.9. The number of amides is 1. The molecule has 2 aromatic carbocycles. The third-order valence-electron chi connectivity index (χ3n) is 5.28. The third-order valence-corrected chi connectivity index (χ3v) is 8.14. The highest BCUT2D eigenvalue weighted by Gasteiger charge is 2.33. The van der Waals surface area contributed by atoms with Crippen LogP contribution in [0.3, 0.4) is 0 Å². The Morgan fingerprint density at radius 2 is 1.84 bits per heavy atom. The van der Waals surface area contributed by atoms with E-state index in [4.69, 9.17) is 9.47 Å². The van der Waals surface area contributed by atoms with E-state index in [1.807, 2.05) is 0 Å². The van der Waals surface area contributed by atoms with Crippen molar-refractivity contribution < 1.29 is 22.7 Å². The maximum atomic E-state index is 12.9. The number of rotatable bonds is 6. The highest BCUT2D eigenvalue weighted by molar-refractivity contribution is 7.89. The Labute approximate surface area is 184 Å². The summed E-state index contributed by atoms with van der Waals surface area (Å²) in [5, 5.41) is 3.27. The van der Waals surface area contributed by atoms with Crippen molar-refractivity contribution in [3.8, 4) is 11.5 Å². The maximum absolute atomic E-state index is 12.9. The number of hydrogen-bond donors (Lipinski definition) is 1. The lowest BCUT2D eigenvalue weighted by Gasteiger charge is -2.31. The Balaban J connectivity index is 1.52. The molecule has 1 N–H and O–H groups in total. The predicted molar refractivity (Wildman–Crippen MR) is 119 cm³/mol. The summed E-state index contributed by atoms with van der Waals surface area (Å²) in [6, 6.07) is 11.8. The molecule has 31 heavy (non-hydrogen) atoms. The fourth-order valence-corrected chi connectivity index (χ4v) is 6.18. The van der Waals surface area contributed by atoms with E-state index < -0.39 is 15.9 Å². The number of nitrogens with zero attached hydrogens (tertiary/aromatic N) is 2. The fourth-order valence-electron chi connectivity index (χ4n) is 3.66. The molecular formula is C21H23N3O5S2. The van der Waals surface area contributed by atoms with Gasteiger partial charge >= 0.3 is 0 Å². The monoisotopic (exact) mass is 461 g/mol. The minimum atomic E-state index is -3.63. The van der Waals surface area contributed by atoms with Crippen molar-refractivity contribution in [3.63, 3.8) is 0 Å². The van der Waals surface area contributed by atoms with Crippen molar-refractivity contribution in [1.29, 1.82) is 0 Å². The highest BCUT2D eigenvalue weighted by atomic mass is 32.2. The first kappa shape index (κ1) is 21.5. The number of anilines is 1. The molecule has 0 radical (unpaired) electrons. The predicted octanol–water partition coefficient (Wildman–Crippen LogP) is 3.35. The van der Waals surface area contributed by atoms with Gasteiger partial charge in [0.05, 0.1) is 25.0 Å². The number of methoxy groups -OCH3 is 2. The summed E-state index contributed by atoms with van der Waals surface area (Å²) >= 11 is 1.29. The number of carbonyl (C=O) groups excluding carboxylic acids is 1. The topological polar surface area (TPSA) is 97.8 Å². The minimum absolute atomic E-state index is 0.139. The standard InChI is InChI=1S/C21H23N3O5S2/c1-28-16-10-11-17(29-2)19-18(16)22-21(30-19)23-20(25)14-7-6-12-24(13-14)31(26,27)15-8-4-3-5-9-15/h3-5,8-11,14H,6-7,12-13H2,1-2H3,(H,22,23,25). The van der Waals surface area contributed by atoms with Crippen molar-refractivity contribution in [2.75, 3.05) is 32.6 Å². The third kappa shape index (κ3) is 4.23. The summed E-state index contributed by atoms with van der Waals surface area (Å²) in [6.45, 7) is 0.539. The molecule has 1 unspecified atom stereocenters. The highest BCUT2D eigenvalue weighted by Crippen LogP contribution is 2.39. The quantitative estimate of drug-likeness (QED) is 0.605. The molecule has 2 heterocycles. The van der Waals surface area contributed by atoms with Gasteiger partial charge in [-0.1, -0.05) is 29.5 Å². The Morgan fingerprint density at radius 1 is 1.13 bits per heavy atom. The van der Waals surface area contributed by atoms with E-state index in [0.717, 1.165) is 4.70 Å².